The number of nitrogens with zero attached hydrogens (tertiary/aromatic N) is 5. The average molecular weight is 1250 g/mol. The molecule has 460 valence electrons. The van der Waals surface area contributed by atoms with Crippen molar-refractivity contribution in [1.82, 2.24) is 18.3 Å². The Labute approximate surface area is 532 Å². The second-order valence-electron chi connectivity index (χ2n) is 23.7. The lowest BCUT2D eigenvalue weighted by Gasteiger charge is -2.26. The molecule has 5 nitrogen and oxygen atoms in total. The Hall–Kier alpha value is -11.3. The lowest BCUT2D eigenvalue weighted by Crippen LogP contribution is -2.18. The van der Waals surface area contributed by atoms with Crippen molar-refractivity contribution in [3.63, 3.8) is 0 Å². The zero-order chi connectivity index (χ0) is 65.3. The van der Waals surface area contributed by atoms with Gasteiger partial charge < -0.3 is 18.3 Å². The van der Waals surface area contributed by atoms with Crippen LogP contribution in [0.5, 0.6) is 0 Å². The molecule has 16 aromatic rings. The van der Waals surface area contributed by atoms with Gasteiger partial charge in [-0.25, -0.2) is 0 Å². The first-order valence-corrected chi connectivity index (χ1v) is 30.4. The minimum atomic E-state index is -4.99. The second kappa shape index (κ2) is 21.9. The van der Waals surface area contributed by atoms with Crippen LogP contribution in [0.4, 0.5) is 39.5 Å². The first kappa shape index (κ1) is 59.0. The number of aryl methyl sites for hydroxylation is 4. The fourth-order valence-corrected chi connectivity index (χ4v) is 14.5. The maximum absolute atomic E-state index is 16.1. The lowest BCUT2D eigenvalue weighted by atomic mass is 9.93. The fraction of sp³-hybridized carbons (Fsp3) is 0.0875. The largest absolute Gasteiger partial charge is 0.420 e. The molecule has 0 atom stereocenters. The molecule has 0 bridgehead atoms. The molecule has 94 heavy (non-hydrogen) atoms. The number of halogens is 9. The zero-order valence-corrected chi connectivity index (χ0v) is 50.7. The van der Waals surface area contributed by atoms with Gasteiger partial charge in [0.15, 0.2) is 0 Å². The maximum Gasteiger partial charge on any atom is 0.420 e. The van der Waals surface area contributed by atoms with Crippen LogP contribution in [0.25, 0.3) is 132 Å². The number of alkyl halides is 9. The van der Waals surface area contributed by atoms with Crippen LogP contribution in [0.3, 0.4) is 0 Å². The summed E-state index contributed by atoms with van der Waals surface area (Å²) in [6, 6.07) is 72.5. The SMILES string of the molecule is Cc1cccc2c3ccccc3n(-c3ccc(-c4ccccc4C(F)(F)F)c(-n4c5ccccc5c5cccc(C)c54)c3C#N)c12.Cc1cccc2c3ccccc3n(-c3ccc(-c4ccccc4C(F)(F)F)c(-n4c5ccccc5c5cccc(C)c54)c3C(F)(F)F)c12. The molecule has 0 N–H and O–H groups in total. The highest BCUT2D eigenvalue weighted by Gasteiger charge is 2.43. The van der Waals surface area contributed by atoms with E-state index in [-0.39, 0.29) is 33.6 Å². The summed E-state index contributed by atoms with van der Waals surface area (Å²) >= 11 is 0. The van der Waals surface area contributed by atoms with Crippen LogP contribution in [-0.2, 0) is 18.5 Å². The van der Waals surface area contributed by atoms with Gasteiger partial charge in [0.1, 0.15) is 17.2 Å². The van der Waals surface area contributed by atoms with E-state index in [1.807, 2.05) is 147 Å². The third-order valence-electron chi connectivity index (χ3n) is 18.3. The van der Waals surface area contributed by atoms with Gasteiger partial charge in [0.2, 0.25) is 0 Å². The van der Waals surface area contributed by atoms with Crippen LogP contribution < -0.4 is 0 Å². The van der Waals surface area contributed by atoms with Crippen molar-refractivity contribution < 1.29 is 39.5 Å². The highest BCUT2D eigenvalue weighted by molar-refractivity contribution is 6.15. The van der Waals surface area contributed by atoms with E-state index >= 15 is 13.2 Å². The topological polar surface area (TPSA) is 43.5 Å². The Balaban J connectivity index is 0.000000155. The van der Waals surface area contributed by atoms with E-state index < -0.39 is 35.2 Å². The van der Waals surface area contributed by atoms with Crippen molar-refractivity contribution >= 4 is 87.2 Å². The Morgan fingerprint density at radius 2 is 0.574 bits per heavy atom. The molecular formula is C80H52F9N5. The van der Waals surface area contributed by atoms with Gasteiger partial charge in [0.25, 0.3) is 0 Å². The van der Waals surface area contributed by atoms with Gasteiger partial charge in [0, 0.05) is 54.2 Å². The molecule has 0 fully saturated rings. The summed E-state index contributed by atoms with van der Waals surface area (Å²) in [4.78, 5) is 0. The molecule has 0 saturated heterocycles. The van der Waals surface area contributed by atoms with Gasteiger partial charge in [-0.05, 0) is 110 Å². The standard InChI is InChI=1S/C40H26F6N2.C40H26F3N3/c1-23-11-9-16-28-26-14-4-7-19-32(26)47(36(23)28)34-22-21-30(25-13-3-6-18-31(25)39(41,42)43)38(35(34)40(44,45)46)48-33-20-8-5-15-27(33)29-17-10-12-24(2)37(29)48;1-24-11-9-16-29-27-14-4-7-19-34(27)45(37(24)29)36-22-21-31(26-13-3-6-18-33(26)40(41,42)43)39(32(36)23-44)46-35-20-8-5-15-28(35)30-17-10-12-25(2)38(30)46/h3-22H,1-2H3;3-22H,1-2H3. The molecule has 0 aliphatic heterocycles. The molecule has 0 aliphatic carbocycles. The van der Waals surface area contributed by atoms with Crippen molar-refractivity contribution in [3.05, 3.63) is 287 Å². The van der Waals surface area contributed by atoms with Gasteiger partial charge in [-0.2, -0.15) is 44.8 Å². The molecular weight excluding hydrogens is 1200 g/mol. The first-order valence-electron chi connectivity index (χ1n) is 30.4. The number of para-hydroxylation sites is 8. The first-order chi connectivity index (χ1) is 45.3. The van der Waals surface area contributed by atoms with Crippen LogP contribution in [0, 0.1) is 39.0 Å². The van der Waals surface area contributed by atoms with Crippen LogP contribution >= 0.6 is 0 Å². The quantitative estimate of drug-likeness (QED) is 0.153. The second-order valence-corrected chi connectivity index (χ2v) is 23.7. The zero-order valence-electron chi connectivity index (χ0n) is 50.7. The van der Waals surface area contributed by atoms with Crippen molar-refractivity contribution in [3.8, 4) is 51.1 Å². The van der Waals surface area contributed by atoms with Gasteiger partial charge >= 0.3 is 18.5 Å². The molecule has 12 aromatic carbocycles. The Bertz CT molecular complexity index is 5840. The predicted octanol–water partition coefficient (Wildman–Crippen LogP) is 23.3. The summed E-state index contributed by atoms with van der Waals surface area (Å²) in [5, 5.41) is 18.1. The number of benzene rings is 12. The average Bonchev–Trinajstić information content (AvgIpc) is 1.49. The molecule has 0 saturated carbocycles. The lowest BCUT2D eigenvalue weighted by molar-refractivity contribution is -0.138. The van der Waals surface area contributed by atoms with Crippen molar-refractivity contribution in [1.29, 1.82) is 5.26 Å². The number of nitriles is 1. The normalized spacial score (nSPS) is 12.3. The fourth-order valence-electron chi connectivity index (χ4n) is 14.5. The van der Waals surface area contributed by atoms with Gasteiger partial charge in [-0.15, -0.1) is 0 Å². The summed E-state index contributed by atoms with van der Waals surface area (Å²) < 4.78 is 143. The van der Waals surface area contributed by atoms with E-state index in [0.717, 1.165) is 83.2 Å². The maximum atomic E-state index is 16.1. The van der Waals surface area contributed by atoms with Crippen molar-refractivity contribution in [2.75, 3.05) is 0 Å². The molecule has 4 aromatic heterocycles. The summed E-state index contributed by atoms with van der Waals surface area (Å²) in [5.41, 5.74) is 6.83. The monoisotopic (exact) mass is 1250 g/mol. The molecule has 16 rings (SSSR count). The molecule has 0 spiro atoms. The van der Waals surface area contributed by atoms with Crippen LogP contribution in [0.2, 0.25) is 0 Å². The van der Waals surface area contributed by atoms with Gasteiger partial charge in [-0.1, -0.05) is 194 Å². The highest BCUT2D eigenvalue weighted by atomic mass is 19.4. The summed E-state index contributed by atoms with van der Waals surface area (Å²) in [7, 11) is 0. The molecule has 14 heteroatoms. The molecule has 0 aliphatic rings. The minimum absolute atomic E-state index is 0.0194. The number of rotatable bonds is 6. The Morgan fingerprint density at radius 3 is 0.947 bits per heavy atom. The van der Waals surface area contributed by atoms with Gasteiger partial charge in [0.05, 0.1) is 78.0 Å². The van der Waals surface area contributed by atoms with E-state index in [0.29, 0.717) is 55.3 Å². The van der Waals surface area contributed by atoms with E-state index in [4.69, 9.17) is 0 Å². The Morgan fingerprint density at radius 1 is 0.277 bits per heavy atom. The molecule has 0 radical (unpaired) electrons. The van der Waals surface area contributed by atoms with E-state index in [9.17, 15) is 31.6 Å². The summed E-state index contributed by atoms with van der Waals surface area (Å²) in [5.74, 6) is 0. The van der Waals surface area contributed by atoms with Crippen LogP contribution in [0.15, 0.2) is 243 Å². The van der Waals surface area contributed by atoms with Crippen molar-refractivity contribution in [2.24, 2.45) is 0 Å². The van der Waals surface area contributed by atoms with Crippen molar-refractivity contribution in [2.45, 2.75) is 46.2 Å². The third kappa shape index (κ3) is 9.15. The summed E-state index contributed by atoms with van der Waals surface area (Å²) in [6.07, 6.45) is -14.4. The van der Waals surface area contributed by atoms with Crippen LogP contribution in [0.1, 0.15) is 44.5 Å². The van der Waals surface area contributed by atoms with E-state index in [1.54, 1.807) is 66.1 Å². The number of aromatic nitrogens is 4. The number of hydrogen-bond donors (Lipinski definition) is 0. The highest BCUT2D eigenvalue weighted by Crippen LogP contribution is 2.51. The van der Waals surface area contributed by atoms with Crippen LogP contribution in [-0.4, -0.2) is 18.3 Å². The van der Waals surface area contributed by atoms with E-state index in [1.165, 1.54) is 47.0 Å². The molecule has 0 unspecified atom stereocenters. The number of fused-ring (bicyclic) bond motifs is 12. The Kier molecular flexibility index (Phi) is 13.8. The van der Waals surface area contributed by atoms with Gasteiger partial charge in [-0.3, -0.25) is 0 Å². The minimum Gasteiger partial charge on any atom is -0.308 e. The molecule has 0 amide bonds. The summed E-state index contributed by atoms with van der Waals surface area (Å²) in [6.45, 7) is 7.67. The third-order valence-corrected chi connectivity index (χ3v) is 18.3. The number of hydrogen-bond acceptors (Lipinski definition) is 1. The van der Waals surface area contributed by atoms with E-state index in [2.05, 4.69) is 22.8 Å². The smallest absolute Gasteiger partial charge is 0.308 e. The predicted molar refractivity (Wildman–Crippen MR) is 360 cm³/mol. The molecule has 4 heterocycles.